The average molecular weight is 323 g/mol. The van der Waals surface area contributed by atoms with E-state index in [0.717, 1.165) is 19.0 Å². The van der Waals surface area contributed by atoms with Crippen molar-refractivity contribution < 1.29 is 26.7 Å². The lowest BCUT2D eigenvalue weighted by Crippen LogP contribution is -2.42. The summed E-state index contributed by atoms with van der Waals surface area (Å²) in [7, 11) is 0. The van der Waals surface area contributed by atoms with E-state index in [0.29, 0.717) is 25.2 Å². The highest BCUT2D eigenvalue weighted by molar-refractivity contribution is 5.33. The van der Waals surface area contributed by atoms with Gasteiger partial charge in [0, 0.05) is 31.7 Å². The highest BCUT2D eigenvalue weighted by atomic mass is 19.4. The summed E-state index contributed by atoms with van der Waals surface area (Å²) in [6.45, 7) is 2.97. The number of hydrogen-bond donors (Lipinski definition) is 0. The summed E-state index contributed by atoms with van der Waals surface area (Å²) in [6, 6.07) is 5.56. The summed E-state index contributed by atoms with van der Waals surface area (Å²) < 4.78 is 66.9. The number of para-hydroxylation sites is 1. The molecule has 3 nitrogen and oxygen atoms in total. The van der Waals surface area contributed by atoms with Gasteiger partial charge in [0.15, 0.2) is 0 Å². The van der Waals surface area contributed by atoms with Gasteiger partial charge in [0.1, 0.15) is 5.75 Å². The number of hydrogen-bond acceptors (Lipinski definition) is 2. The van der Waals surface area contributed by atoms with Gasteiger partial charge in [0.2, 0.25) is 0 Å². The highest BCUT2D eigenvalue weighted by Gasteiger charge is 2.61. The summed E-state index contributed by atoms with van der Waals surface area (Å²) in [4.78, 5) is 1.96. The zero-order valence-electron chi connectivity index (χ0n) is 11.7. The summed E-state index contributed by atoms with van der Waals surface area (Å²) >= 11 is 0. The van der Waals surface area contributed by atoms with Crippen LogP contribution >= 0.6 is 0 Å². The minimum Gasteiger partial charge on any atom is -0.425 e. The van der Waals surface area contributed by atoms with E-state index in [1.165, 1.54) is 12.1 Å². The molecule has 1 saturated heterocycles. The highest BCUT2D eigenvalue weighted by Crippen LogP contribution is 2.38. The molecule has 2 rings (SSSR count). The second kappa shape index (κ2) is 6.78. The molecule has 8 heteroatoms. The molecule has 0 N–H and O–H groups in total. The zero-order valence-corrected chi connectivity index (χ0v) is 11.7. The van der Waals surface area contributed by atoms with Crippen molar-refractivity contribution in [2.24, 2.45) is 0 Å². The normalized spacial score (nSPS) is 18.0. The van der Waals surface area contributed by atoms with Crippen LogP contribution in [0.25, 0.3) is 0 Å². The smallest absolute Gasteiger partial charge is 0.425 e. The maximum atomic E-state index is 13.1. The van der Waals surface area contributed by atoms with Crippen molar-refractivity contribution in [1.82, 2.24) is 10.2 Å². The van der Waals surface area contributed by atoms with Crippen molar-refractivity contribution in [2.75, 3.05) is 26.2 Å². The van der Waals surface area contributed by atoms with Crippen molar-refractivity contribution in [3.8, 4) is 5.75 Å². The van der Waals surface area contributed by atoms with Crippen LogP contribution in [0, 0.1) is 0 Å². The summed E-state index contributed by atoms with van der Waals surface area (Å²) in [5, 5.41) is 4.24. The largest absolute Gasteiger partial charge is 0.499 e. The Hall–Kier alpha value is -1.41. The first-order valence-electron chi connectivity index (χ1n) is 6.87. The molecule has 0 unspecified atom stereocenters. The van der Waals surface area contributed by atoms with Gasteiger partial charge in [0.25, 0.3) is 0 Å². The molecule has 0 amide bonds. The quantitative estimate of drug-likeness (QED) is 0.796. The molecule has 1 radical (unpaired) electrons. The van der Waals surface area contributed by atoms with Gasteiger partial charge in [-0.1, -0.05) is 18.2 Å². The predicted octanol–water partition coefficient (Wildman–Crippen LogP) is 3.03. The third-order valence-corrected chi connectivity index (χ3v) is 3.30. The molecule has 0 bridgehead atoms. The molecule has 1 aliphatic rings. The van der Waals surface area contributed by atoms with E-state index in [2.05, 4.69) is 10.1 Å². The molecule has 0 aliphatic carbocycles. The van der Waals surface area contributed by atoms with Gasteiger partial charge in [-0.2, -0.15) is 22.0 Å². The maximum absolute atomic E-state index is 13.1. The van der Waals surface area contributed by atoms with E-state index in [9.17, 15) is 22.0 Å². The number of benzene rings is 1. The Labute approximate surface area is 125 Å². The van der Waals surface area contributed by atoms with Gasteiger partial charge >= 0.3 is 12.3 Å². The predicted molar refractivity (Wildman–Crippen MR) is 69.8 cm³/mol. The fourth-order valence-corrected chi connectivity index (χ4v) is 2.17. The summed E-state index contributed by atoms with van der Waals surface area (Å²) in [5.41, 5.74) is 0.299. The van der Waals surface area contributed by atoms with Crippen LogP contribution in [0.3, 0.4) is 0 Å². The lowest BCUT2D eigenvalue weighted by Gasteiger charge is -2.24. The summed E-state index contributed by atoms with van der Waals surface area (Å²) in [6.07, 6.45) is -10.1. The average Bonchev–Trinajstić information content (AvgIpc) is 2.68. The molecule has 22 heavy (non-hydrogen) atoms. The van der Waals surface area contributed by atoms with Crippen LogP contribution in [-0.4, -0.2) is 43.4 Å². The van der Waals surface area contributed by atoms with Crippen molar-refractivity contribution in [3.05, 3.63) is 29.8 Å². The number of rotatable bonds is 4. The Balaban J connectivity index is 2.12. The fraction of sp³-hybridized carbons (Fsp3) is 0.571. The molecule has 0 spiro atoms. The van der Waals surface area contributed by atoms with Crippen LogP contribution in [0.15, 0.2) is 24.3 Å². The molecule has 0 atom stereocenters. The number of alkyl halides is 5. The van der Waals surface area contributed by atoms with Crippen molar-refractivity contribution >= 4 is 0 Å². The van der Waals surface area contributed by atoms with E-state index in [1.807, 2.05) is 4.90 Å². The second-order valence-electron chi connectivity index (χ2n) is 5.02. The van der Waals surface area contributed by atoms with Gasteiger partial charge in [0.05, 0.1) is 0 Å². The Morgan fingerprint density at radius 2 is 1.77 bits per heavy atom. The van der Waals surface area contributed by atoms with E-state index in [-0.39, 0.29) is 6.54 Å². The standard InChI is InChI=1S/C14H16F5N2O/c15-13(16,17)14(18,19)22-12-5-2-1-4-11(12)10-21-8-3-6-20-7-9-21/h1-2,4-5H,3,6-10H2. The number of halogens is 5. The van der Waals surface area contributed by atoms with Gasteiger partial charge in [-0.25, -0.2) is 5.32 Å². The van der Waals surface area contributed by atoms with Crippen LogP contribution in [-0.2, 0) is 6.54 Å². The molecular formula is C14H16F5N2O. The molecule has 1 fully saturated rings. The Morgan fingerprint density at radius 1 is 1.05 bits per heavy atom. The van der Waals surface area contributed by atoms with Gasteiger partial charge in [-0.3, -0.25) is 4.90 Å². The SMILES string of the molecule is FC(F)(F)C(F)(F)Oc1ccccc1CN1CCC[N]CC1. The molecule has 1 aromatic carbocycles. The fourth-order valence-electron chi connectivity index (χ4n) is 2.17. The van der Waals surface area contributed by atoms with Gasteiger partial charge in [-0.15, -0.1) is 0 Å². The molecule has 1 aromatic rings. The first-order chi connectivity index (χ1) is 10.3. The Bertz CT molecular complexity index is 484. The van der Waals surface area contributed by atoms with Crippen LogP contribution in [0.2, 0.25) is 0 Å². The Morgan fingerprint density at radius 3 is 2.50 bits per heavy atom. The van der Waals surface area contributed by atoms with E-state index in [1.54, 1.807) is 6.07 Å². The second-order valence-corrected chi connectivity index (χ2v) is 5.02. The van der Waals surface area contributed by atoms with Crippen molar-refractivity contribution in [2.45, 2.75) is 25.3 Å². The number of ether oxygens (including phenoxy) is 1. The van der Waals surface area contributed by atoms with Crippen LogP contribution in [0.4, 0.5) is 22.0 Å². The molecule has 1 aliphatic heterocycles. The third kappa shape index (κ3) is 4.30. The first-order valence-corrected chi connectivity index (χ1v) is 6.87. The van der Waals surface area contributed by atoms with E-state index >= 15 is 0 Å². The monoisotopic (exact) mass is 323 g/mol. The molecule has 0 saturated carbocycles. The topological polar surface area (TPSA) is 26.6 Å². The molecular weight excluding hydrogens is 307 g/mol. The van der Waals surface area contributed by atoms with Crippen molar-refractivity contribution in [1.29, 1.82) is 0 Å². The van der Waals surface area contributed by atoms with E-state index in [4.69, 9.17) is 0 Å². The van der Waals surface area contributed by atoms with Crippen molar-refractivity contribution in [3.63, 3.8) is 0 Å². The summed E-state index contributed by atoms with van der Waals surface area (Å²) in [5.74, 6) is -0.453. The lowest BCUT2D eigenvalue weighted by atomic mass is 10.2. The van der Waals surface area contributed by atoms with Gasteiger partial charge < -0.3 is 4.74 Å². The van der Waals surface area contributed by atoms with Crippen LogP contribution < -0.4 is 10.1 Å². The maximum Gasteiger partial charge on any atom is 0.499 e. The lowest BCUT2D eigenvalue weighted by molar-refractivity contribution is -0.360. The molecule has 1 heterocycles. The zero-order chi connectivity index (χ0) is 16.2. The van der Waals surface area contributed by atoms with Gasteiger partial charge in [-0.05, 0) is 19.0 Å². The van der Waals surface area contributed by atoms with Crippen LogP contribution in [0.5, 0.6) is 5.75 Å². The minimum absolute atomic E-state index is 0.250. The van der Waals surface area contributed by atoms with E-state index < -0.39 is 18.0 Å². The molecule has 123 valence electrons. The third-order valence-electron chi connectivity index (χ3n) is 3.30. The Kier molecular flexibility index (Phi) is 5.23. The first kappa shape index (κ1) is 17.0. The minimum atomic E-state index is -5.75. The molecule has 0 aromatic heterocycles. The van der Waals surface area contributed by atoms with Crippen LogP contribution in [0.1, 0.15) is 12.0 Å². The number of nitrogens with zero attached hydrogens (tertiary/aromatic N) is 2.